The van der Waals surface area contributed by atoms with Crippen molar-refractivity contribution in [2.24, 2.45) is 0 Å². The topological polar surface area (TPSA) is 24.1 Å². The quantitative estimate of drug-likeness (QED) is 0.794. The van der Waals surface area contributed by atoms with Crippen LogP contribution in [0.4, 0.5) is 11.4 Å². The fraction of sp³-hybridized carbons (Fsp3) is 0.231. The highest BCUT2D eigenvalue weighted by atomic mass is 14.9. The van der Waals surface area contributed by atoms with Gasteiger partial charge in [0.05, 0.1) is 0 Å². The van der Waals surface area contributed by atoms with Crippen molar-refractivity contribution in [1.82, 2.24) is 0 Å². The number of hydrogen-bond acceptors (Lipinski definition) is 2. The molecule has 2 heteroatoms. The molecule has 2 nitrogen and oxygen atoms in total. The molecule has 0 bridgehead atoms. The van der Waals surface area contributed by atoms with Crippen molar-refractivity contribution in [3.63, 3.8) is 0 Å². The lowest BCUT2D eigenvalue weighted by Crippen LogP contribution is -1.99. The highest BCUT2D eigenvalue weighted by Gasteiger charge is 2.03. The Hall–Kier alpha value is -1.70. The van der Waals surface area contributed by atoms with Crippen LogP contribution in [0.15, 0.2) is 36.4 Å². The average molecular weight is 200 g/mol. The van der Waals surface area contributed by atoms with Gasteiger partial charge >= 0.3 is 0 Å². The van der Waals surface area contributed by atoms with E-state index in [0.717, 1.165) is 6.54 Å². The third-order valence-electron chi connectivity index (χ3n) is 2.54. The van der Waals surface area contributed by atoms with Gasteiger partial charge in [0.2, 0.25) is 0 Å². The maximum Gasteiger partial charge on any atom is 0.0440 e. The smallest absolute Gasteiger partial charge is 0.0440 e. The predicted octanol–water partition coefficient (Wildman–Crippen LogP) is 3.31. The maximum absolute atomic E-state index is 3.39. The van der Waals surface area contributed by atoms with E-state index in [0.29, 0.717) is 0 Å². The number of anilines is 2. The first-order valence-corrected chi connectivity index (χ1v) is 5.30. The van der Waals surface area contributed by atoms with Gasteiger partial charge in [-0.15, -0.1) is 0 Å². The van der Waals surface area contributed by atoms with E-state index in [9.17, 15) is 0 Å². The first-order chi connectivity index (χ1) is 7.36. The van der Waals surface area contributed by atoms with Crippen LogP contribution in [0.2, 0.25) is 0 Å². The Bertz CT molecular complexity index is 458. The molecular formula is C13H16N2. The number of rotatable bonds is 3. The summed E-state index contributed by atoms with van der Waals surface area (Å²) in [6, 6.07) is 12.6. The van der Waals surface area contributed by atoms with E-state index in [4.69, 9.17) is 0 Å². The zero-order valence-corrected chi connectivity index (χ0v) is 9.17. The summed E-state index contributed by atoms with van der Waals surface area (Å²) < 4.78 is 0. The van der Waals surface area contributed by atoms with Gasteiger partial charge in [-0.2, -0.15) is 0 Å². The van der Waals surface area contributed by atoms with Crippen molar-refractivity contribution < 1.29 is 0 Å². The molecule has 0 aliphatic carbocycles. The van der Waals surface area contributed by atoms with Crippen LogP contribution in [0.5, 0.6) is 0 Å². The summed E-state index contributed by atoms with van der Waals surface area (Å²) >= 11 is 0. The van der Waals surface area contributed by atoms with E-state index in [1.165, 1.54) is 22.1 Å². The molecule has 0 spiro atoms. The molecule has 0 radical (unpaired) electrons. The summed E-state index contributed by atoms with van der Waals surface area (Å²) in [5.41, 5.74) is 2.36. The van der Waals surface area contributed by atoms with E-state index in [2.05, 4.69) is 54.0 Å². The van der Waals surface area contributed by atoms with Gasteiger partial charge in [-0.05, 0) is 24.4 Å². The van der Waals surface area contributed by atoms with Crippen LogP contribution in [0.3, 0.4) is 0 Å². The second-order valence-electron chi connectivity index (χ2n) is 3.49. The summed E-state index contributed by atoms with van der Waals surface area (Å²) in [6.07, 6.45) is 0. The summed E-state index contributed by atoms with van der Waals surface area (Å²) in [5.74, 6) is 0. The van der Waals surface area contributed by atoms with Crippen LogP contribution in [-0.2, 0) is 0 Å². The first kappa shape index (κ1) is 9.84. The molecule has 0 heterocycles. The maximum atomic E-state index is 3.39. The van der Waals surface area contributed by atoms with Crippen molar-refractivity contribution >= 4 is 22.1 Å². The Balaban J connectivity index is 2.69. The minimum Gasteiger partial charge on any atom is -0.388 e. The van der Waals surface area contributed by atoms with Crippen molar-refractivity contribution in [2.45, 2.75) is 6.92 Å². The summed E-state index contributed by atoms with van der Waals surface area (Å²) in [7, 11) is 1.96. The second-order valence-corrected chi connectivity index (χ2v) is 3.49. The molecule has 0 aromatic heterocycles. The SMILES string of the molecule is CCNc1cccc2cccc(NC)c12. The van der Waals surface area contributed by atoms with Gasteiger partial charge in [0.1, 0.15) is 0 Å². The molecule has 0 aliphatic rings. The minimum atomic E-state index is 0.942. The number of benzene rings is 2. The van der Waals surface area contributed by atoms with Crippen LogP contribution >= 0.6 is 0 Å². The molecule has 15 heavy (non-hydrogen) atoms. The molecule has 2 rings (SSSR count). The molecule has 0 saturated carbocycles. The van der Waals surface area contributed by atoms with Gasteiger partial charge in [-0.25, -0.2) is 0 Å². The van der Waals surface area contributed by atoms with Gasteiger partial charge in [-0.1, -0.05) is 24.3 Å². The van der Waals surface area contributed by atoms with E-state index in [-0.39, 0.29) is 0 Å². The van der Waals surface area contributed by atoms with Crippen molar-refractivity contribution in [3.05, 3.63) is 36.4 Å². The van der Waals surface area contributed by atoms with Gasteiger partial charge in [0.25, 0.3) is 0 Å². The molecule has 78 valence electrons. The molecular weight excluding hydrogens is 184 g/mol. The van der Waals surface area contributed by atoms with Crippen LogP contribution in [0.25, 0.3) is 10.8 Å². The molecule has 0 amide bonds. The van der Waals surface area contributed by atoms with Gasteiger partial charge in [0.15, 0.2) is 0 Å². The monoisotopic (exact) mass is 200 g/mol. The summed E-state index contributed by atoms with van der Waals surface area (Å²) in [5, 5.41) is 9.15. The normalized spacial score (nSPS) is 10.3. The van der Waals surface area contributed by atoms with Crippen LogP contribution in [-0.4, -0.2) is 13.6 Å². The third kappa shape index (κ3) is 1.75. The molecule has 0 atom stereocenters. The van der Waals surface area contributed by atoms with E-state index >= 15 is 0 Å². The lowest BCUT2D eigenvalue weighted by molar-refractivity contribution is 1.22. The Labute approximate surface area is 90.3 Å². The van der Waals surface area contributed by atoms with Crippen molar-refractivity contribution in [3.8, 4) is 0 Å². The van der Waals surface area contributed by atoms with Crippen LogP contribution in [0.1, 0.15) is 6.92 Å². The Morgan fingerprint density at radius 2 is 1.67 bits per heavy atom. The van der Waals surface area contributed by atoms with Gasteiger partial charge in [-0.3, -0.25) is 0 Å². The molecule has 0 aliphatic heterocycles. The standard InChI is InChI=1S/C13H16N2/c1-3-15-12-9-5-7-10-6-4-8-11(14-2)13(10)12/h4-9,14-15H,3H2,1-2H3. The van der Waals surface area contributed by atoms with Gasteiger partial charge < -0.3 is 10.6 Å². The fourth-order valence-corrected chi connectivity index (χ4v) is 1.89. The van der Waals surface area contributed by atoms with E-state index in [1.807, 2.05) is 7.05 Å². The van der Waals surface area contributed by atoms with Crippen molar-refractivity contribution in [2.75, 3.05) is 24.2 Å². The van der Waals surface area contributed by atoms with Crippen LogP contribution < -0.4 is 10.6 Å². The molecule has 0 fully saturated rings. The molecule has 2 aromatic rings. The Kier molecular flexibility index (Phi) is 2.77. The highest BCUT2D eigenvalue weighted by molar-refractivity contribution is 6.03. The number of hydrogen-bond donors (Lipinski definition) is 2. The summed E-state index contributed by atoms with van der Waals surface area (Å²) in [6.45, 7) is 3.05. The van der Waals surface area contributed by atoms with Gasteiger partial charge in [0, 0.05) is 30.4 Å². The van der Waals surface area contributed by atoms with E-state index < -0.39 is 0 Å². The average Bonchev–Trinajstić information content (AvgIpc) is 2.29. The zero-order chi connectivity index (χ0) is 10.7. The predicted molar refractivity (Wildman–Crippen MR) is 67.7 cm³/mol. The second kappa shape index (κ2) is 4.22. The third-order valence-corrected chi connectivity index (χ3v) is 2.54. The Morgan fingerprint density at radius 1 is 1.00 bits per heavy atom. The molecule has 2 aromatic carbocycles. The number of nitrogens with one attached hydrogen (secondary N) is 2. The van der Waals surface area contributed by atoms with Crippen LogP contribution in [0, 0.1) is 0 Å². The molecule has 0 saturated heterocycles. The molecule has 0 unspecified atom stereocenters. The van der Waals surface area contributed by atoms with Crippen molar-refractivity contribution in [1.29, 1.82) is 0 Å². The lowest BCUT2D eigenvalue weighted by Gasteiger charge is -2.11. The first-order valence-electron chi connectivity index (χ1n) is 5.30. The lowest BCUT2D eigenvalue weighted by atomic mass is 10.1. The molecule has 2 N–H and O–H groups in total. The Morgan fingerprint density at radius 3 is 2.27 bits per heavy atom. The zero-order valence-electron chi connectivity index (χ0n) is 9.17. The fourth-order valence-electron chi connectivity index (χ4n) is 1.89. The summed E-state index contributed by atoms with van der Waals surface area (Å²) in [4.78, 5) is 0. The number of fused-ring (bicyclic) bond motifs is 1. The highest BCUT2D eigenvalue weighted by Crippen LogP contribution is 2.30. The largest absolute Gasteiger partial charge is 0.388 e. The minimum absolute atomic E-state index is 0.942. The van der Waals surface area contributed by atoms with E-state index in [1.54, 1.807) is 0 Å².